The number of nitrogens with zero attached hydrogens (tertiary/aromatic N) is 6. The predicted octanol–water partition coefficient (Wildman–Crippen LogP) is 7.16. The van der Waals surface area contributed by atoms with Crippen molar-refractivity contribution in [1.29, 1.82) is 0 Å². The average molecular weight is 1160 g/mol. The molecule has 2 amide bonds. The first kappa shape index (κ1) is 57.5. The molecule has 8 aromatic rings. The van der Waals surface area contributed by atoms with E-state index in [1.54, 1.807) is 13.8 Å². The van der Waals surface area contributed by atoms with Crippen molar-refractivity contribution in [3.8, 4) is 34.0 Å². The van der Waals surface area contributed by atoms with Gasteiger partial charge in [-0.3, -0.25) is 37.8 Å². The predicted molar refractivity (Wildman–Crippen MR) is 282 cm³/mol. The molecule has 0 saturated heterocycles. The highest BCUT2D eigenvalue weighted by molar-refractivity contribution is 7.93. The van der Waals surface area contributed by atoms with Crippen LogP contribution in [0.2, 0.25) is 10.0 Å². The minimum atomic E-state index is -4.33. The summed E-state index contributed by atoms with van der Waals surface area (Å²) in [6.07, 6.45) is 4.97. The molecule has 8 rings (SSSR count). The summed E-state index contributed by atoms with van der Waals surface area (Å²) in [5.41, 5.74) is -0.996. The Morgan fingerprint density at radius 2 is 0.962 bits per heavy atom. The molecule has 0 aliphatic carbocycles. The van der Waals surface area contributed by atoms with Gasteiger partial charge in [0.2, 0.25) is 23.6 Å². The molecule has 0 bridgehead atoms. The number of amides is 2. The normalized spacial score (nSPS) is 12.3. The van der Waals surface area contributed by atoms with Gasteiger partial charge >= 0.3 is 0 Å². The van der Waals surface area contributed by atoms with Gasteiger partial charge in [0.25, 0.3) is 31.2 Å². The summed E-state index contributed by atoms with van der Waals surface area (Å²) in [6.45, 7) is 3.40. The number of methoxy groups -OCH3 is 2. The Hall–Kier alpha value is -8.20. The standard InChI is InChI=1S/2C25H22ClF2N5O5S/c2*1-13(23(34)29-2)11-33-12-31-20-9-19(28)16(8-17(20)25(33)35)14-6-21(24(38-3)30-10-14)32-39(36,37)22-5-4-15(27)7-18(22)26/h2*4-10,12-13,32H,11H2,1-3H3,(H,29,34)/t2*13-/m10/s1. The number of fused-ring (bicyclic) bond motifs is 2. The fourth-order valence-corrected chi connectivity index (χ4v) is 10.9. The van der Waals surface area contributed by atoms with Crippen LogP contribution in [0.15, 0.2) is 117 Å². The van der Waals surface area contributed by atoms with Crippen LogP contribution in [0.4, 0.5) is 28.9 Å². The van der Waals surface area contributed by atoms with Gasteiger partial charge in [0.05, 0.1) is 70.6 Å². The lowest BCUT2D eigenvalue weighted by Crippen LogP contribution is -2.32. The van der Waals surface area contributed by atoms with Gasteiger partial charge in [-0.15, -0.1) is 0 Å². The third-order valence-corrected chi connectivity index (χ3v) is 15.4. The Bertz CT molecular complexity index is 3790. The Morgan fingerprint density at radius 1 is 0.590 bits per heavy atom. The number of rotatable bonds is 16. The maximum absolute atomic E-state index is 15.2. The summed E-state index contributed by atoms with van der Waals surface area (Å²) in [6, 6.07) is 12.8. The molecule has 4 aromatic heterocycles. The molecule has 4 N–H and O–H groups in total. The zero-order valence-corrected chi connectivity index (χ0v) is 44.8. The van der Waals surface area contributed by atoms with E-state index in [1.807, 2.05) is 0 Å². The maximum atomic E-state index is 15.2. The Morgan fingerprint density at radius 3 is 1.29 bits per heavy atom. The molecule has 4 aromatic carbocycles. The van der Waals surface area contributed by atoms with Crippen molar-refractivity contribution in [3.63, 3.8) is 0 Å². The van der Waals surface area contributed by atoms with E-state index in [1.165, 1.54) is 86.8 Å². The molecule has 0 aliphatic heterocycles. The number of halogens is 6. The Kier molecular flexibility index (Phi) is 17.4. The monoisotopic (exact) mass is 1150 g/mol. The van der Waals surface area contributed by atoms with Crippen LogP contribution < -0.4 is 40.7 Å². The Labute approximate surface area is 451 Å². The van der Waals surface area contributed by atoms with Crippen molar-refractivity contribution in [2.24, 2.45) is 11.8 Å². The summed E-state index contributed by atoms with van der Waals surface area (Å²) in [4.78, 5) is 65.7. The van der Waals surface area contributed by atoms with Crippen molar-refractivity contribution in [1.82, 2.24) is 39.7 Å². The zero-order chi connectivity index (χ0) is 57.0. The lowest BCUT2D eigenvalue weighted by molar-refractivity contribution is -0.125. The zero-order valence-electron chi connectivity index (χ0n) is 41.7. The van der Waals surface area contributed by atoms with Crippen LogP contribution >= 0.6 is 23.2 Å². The SMILES string of the molecule is CNC(=O)[C@@H](C)Cn1cnc2cc(F)c(-c3cnc(OC)c(NS(=O)(=O)c4ccc(F)cc4Cl)c3)cc2c1=O.CNC(=O)[C@H](C)Cn1cnc2cc(F)c(-c3cnc(OC)c(NS(=O)(=O)c4ccc(F)cc4Cl)c3)cc2c1=O. The van der Waals surface area contributed by atoms with Gasteiger partial charge in [-0.1, -0.05) is 37.0 Å². The second-order valence-corrected chi connectivity index (χ2v) is 21.2. The first-order chi connectivity index (χ1) is 36.9. The van der Waals surface area contributed by atoms with E-state index in [2.05, 4.69) is 40.0 Å². The van der Waals surface area contributed by atoms with E-state index in [0.29, 0.717) is 0 Å². The number of hydrogen-bond donors (Lipinski definition) is 4. The average Bonchev–Trinajstić information content (AvgIpc) is 3.45. The summed E-state index contributed by atoms with van der Waals surface area (Å²) in [5, 5.41) is 4.49. The summed E-state index contributed by atoms with van der Waals surface area (Å²) >= 11 is 11.9. The van der Waals surface area contributed by atoms with Crippen LogP contribution in [0.5, 0.6) is 11.8 Å². The number of aromatic nitrogens is 6. The van der Waals surface area contributed by atoms with Crippen LogP contribution in [0, 0.1) is 35.1 Å². The largest absolute Gasteiger partial charge is 0.480 e. The van der Waals surface area contributed by atoms with Gasteiger partial charge in [-0.05, 0) is 60.7 Å². The molecule has 20 nitrogen and oxygen atoms in total. The highest BCUT2D eigenvalue weighted by Crippen LogP contribution is 2.36. The molecule has 0 spiro atoms. The van der Waals surface area contributed by atoms with Gasteiger partial charge in [0.15, 0.2) is 0 Å². The molecule has 0 fully saturated rings. The molecular weight excluding hydrogens is 1110 g/mol. The van der Waals surface area contributed by atoms with Crippen LogP contribution in [0.25, 0.3) is 44.1 Å². The summed E-state index contributed by atoms with van der Waals surface area (Å²) < 4.78 is 126. The number of pyridine rings is 2. The van der Waals surface area contributed by atoms with E-state index >= 15 is 8.78 Å². The number of benzene rings is 4. The van der Waals surface area contributed by atoms with Crippen molar-refractivity contribution < 1.29 is 53.5 Å². The minimum absolute atomic E-state index is 0.0517. The van der Waals surface area contributed by atoms with Gasteiger partial charge in [0, 0.05) is 74.0 Å². The third-order valence-electron chi connectivity index (χ3n) is 11.7. The first-order valence-corrected chi connectivity index (χ1v) is 26.5. The van der Waals surface area contributed by atoms with E-state index < -0.39 is 76.1 Å². The van der Waals surface area contributed by atoms with Crippen molar-refractivity contribution in [2.45, 2.75) is 36.7 Å². The van der Waals surface area contributed by atoms with Gasteiger partial charge < -0.3 is 20.1 Å². The maximum Gasteiger partial charge on any atom is 0.263 e. The molecule has 0 aliphatic rings. The molecule has 2 atom stereocenters. The first-order valence-electron chi connectivity index (χ1n) is 22.7. The van der Waals surface area contributed by atoms with E-state index in [9.17, 15) is 44.8 Å². The third kappa shape index (κ3) is 12.5. The van der Waals surface area contributed by atoms with Gasteiger partial charge in [0.1, 0.15) is 44.4 Å². The van der Waals surface area contributed by atoms with E-state index in [-0.39, 0.29) is 102 Å². The van der Waals surface area contributed by atoms with E-state index in [0.717, 1.165) is 48.5 Å². The number of carbonyl (C=O) groups is 2. The smallest absolute Gasteiger partial charge is 0.263 e. The molecular formula is C50H44Cl2F4N10O10S2. The number of ether oxygens (including phenoxy) is 2. The quantitative estimate of drug-likeness (QED) is 0.0700. The van der Waals surface area contributed by atoms with Crippen molar-refractivity contribution in [2.75, 3.05) is 37.8 Å². The fourth-order valence-electron chi connectivity index (χ4n) is 7.77. The topological polar surface area (TPSA) is 265 Å². The number of hydrogen-bond acceptors (Lipinski definition) is 14. The number of carbonyl (C=O) groups excluding carboxylic acids is 2. The minimum Gasteiger partial charge on any atom is -0.480 e. The van der Waals surface area contributed by atoms with Gasteiger partial charge in [-0.25, -0.2) is 54.3 Å². The van der Waals surface area contributed by atoms with E-state index in [4.69, 9.17) is 32.7 Å². The number of nitrogens with one attached hydrogen (secondary N) is 4. The lowest BCUT2D eigenvalue weighted by Gasteiger charge is -2.14. The summed E-state index contributed by atoms with van der Waals surface area (Å²) in [7, 11) is -3.17. The van der Waals surface area contributed by atoms with Crippen molar-refractivity contribution in [3.05, 3.63) is 152 Å². The van der Waals surface area contributed by atoms with Crippen LogP contribution in [0.1, 0.15) is 13.8 Å². The van der Waals surface area contributed by atoms with Crippen molar-refractivity contribution >= 4 is 88.2 Å². The van der Waals surface area contributed by atoms with Crippen LogP contribution in [-0.2, 0) is 42.7 Å². The molecule has 0 unspecified atom stereocenters. The highest BCUT2D eigenvalue weighted by Gasteiger charge is 2.25. The second-order valence-electron chi connectivity index (χ2n) is 17.1. The number of sulfonamides is 2. The number of anilines is 2. The fraction of sp³-hybridized carbons (Fsp3) is 0.200. The lowest BCUT2D eigenvalue weighted by atomic mass is 10.0. The molecule has 28 heteroatoms. The molecule has 4 heterocycles. The van der Waals surface area contributed by atoms with Crippen LogP contribution in [-0.4, -0.2) is 86.0 Å². The summed E-state index contributed by atoms with van der Waals surface area (Å²) in [5.74, 6) is -4.76. The Balaban J connectivity index is 0.000000226. The molecule has 408 valence electrons. The second kappa shape index (κ2) is 23.6. The van der Waals surface area contributed by atoms with Gasteiger partial charge in [-0.2, -0.15) is 0 Å². The molecule has 78 heavy (non-hydrogen) atoms. The molecule has 0 saturated carbocycles. The highest BCUT2D eigenvalue weighted by atomic mass is 35.5. The molecule has 0 radical (unpaired) electrons. The van der Waals surface area contributed by atoms with Crippen LogP contribution in [0.3, 0.4) is 0 Å².